The fraction of sp³-hybridized carbons (Fsp3) is 0.719. The first-order chi connectivity index (χ1) is 19.4. The van der Waals surface area contributed by atoms with Gasteiger partial charge in [0.05, 0.1) is 17.1 Å². The van der Waals surface area contributed by atoms with Crippen LogP contribution in [0.3, 0.4) is 0 Å². The third-order valence-electron chi connectivity index (χ3n) is 8.78. The van der Waals surface area contributed by atoms with Crippen LogP contribution < -0.4 is 10.6 Å². The molecule has 0 radical (unpaired) electrons. The van der Waals surface area contributed by atoms with Crippen LogP contribution in [0.5, 0.6) is 0 Å². The van der Waals surface area contributed by atoms with Crippen molar-refractivity contribution in [3.8, 4) is 0 Å². The van der Waals surface area contributed by atoms with Gasteiger partial charge in [0, 0.05) is 37.4 Å². The second-order valence-electron chi connectivity index (χ2n) is 12.2. The molecule has 2 rings (SSSR count). The standard InChI is InChI=1S/C32H52ClN3O5/c1-8-9-29(33)24(6)35-32(40)34-22(4)19-28(41-7)16-20(2)17-30(37)36-23(5)10-15-27(36)18-21(3)25-11-13-26(14-12-25)31(38)39/h8-9,16,21-23,25-28H,10-15,17-19H2,1-7H3,(H,38,39)(H2,34,35,40)/b9-8-,20-16+,29-24-. The number of nitrogens with one attached hydrogen (secondary N) is 2. The number of hydrogen-bond acceptors (Lipinski definition) is 4. The predicted octanol–water partition coefficient (Wildman–Crippen LogP) is 6.76. The molecule has 41 heavy (non-hydrogen) atoms. The maximum atomic E-state index is 13.5. The van der Waals surface area contributed by atoms with Gasteiger partial charge >= 0.3 is 12.0 Å². The van der Waals surface area contributed by atoms with Gasteiger partial charge < -0.3 is 25.4 Å². The third-order valence-corrected chi connectivity index (χ3v) is 9.19. The Bertz CT molecular complexity index is 986. The molecular weight excluding hydrogens is 542 g/mol. The maximum Gasteiger partial charge on any atom is 0.319 e. The Hall–Kier alpha value is -2.32. The number of methoxy groups -OCH3 is 1. The summed E-state index contributed by atoms with van der Waals surface area (Å²) >= 11 is 6.13. The summed E-state index contributed by atoms with van der Waals surface area (Å²) < 4.78 is 5.67. The van der Waals surface area contributed by atoms with Gasteiger partial charge in [-0.05, 0) is 104 Å². The molecule has 0 aromatic rings. The number of ether oxygens (including phenoxy) is 1. The molecule has 1 aliphatic heterocycles. The summed E-state index contributed by atoms with van der Waals surface area (Å²) in [6.07, 6.45) is 12.6. The van der Waals surface area contributed by atoms with Crippen LogP contribution in [-0.2, 0) is 14.3 Å². The SMILES string of the molecule is C/C=C\C(Cl)=C(/C)NC(=O)NC(C)CC(/C=C(\C)CC(=O)N1C(C)CCC1CC(C)C1CCC(C(=O)O)CC1)OC. The van der Waals surface area contributed by atoms with Crippen LogP contribution >= 0.6 is 11.6 Å². The van der Waals surface area contributed by atoms with E-state index in [1.807, 2.05) is 26.8 Å². The first kappa shape index (κ1) is 34.9. The number of carboxylic acids is 1. The first-order valence-electron chi connectivity index (χ1n) is 15.2. The number of rotatable bonds is 13. The van der Waals surface area contributed by atoms with Crippen LogP contribution in [0, 0.1) is 17.8 Å². The Balaban J connectivity index is 1.91. The summed E-state index contributed by atoms with van der Waals surface area (Å²) in [5.74, 6) is 0.288. The Labute approximate surface area is 252 Å². The lowest BCUT2D eigenvalue weighted by Crippen LogP contribution is -2.42. The average molecular weight is 594 g/mol. The molecule has 2 aliphatic rings. The van der Waals surface area contributed by atoms with E-state index in [-0.39, 0.29) is 42.1 Å². The molecule has 232 valence electrons. The minimum atomic E-state index is -0.665. The number of allylic oxidation sites excluding steroid dienone is 4. The number of halogens is 1. The highest BCUT2D eigenvalue weighted by Crippen LogP contribution is 2.38. The summed E-state index contributed by atoms with van der Waals surface area (Å²) in [5, 5.41) is 15.5. The Morgan fingerprint density at radius 3 is 2.34 bits per heavy atom. The molecule has 0 spiro atoms. The Morgan fingerprint density at radius 1 is 1.10 bits per heavy atom. The molecule has 0 aromatic carbocycles. The molecule has 5 atom stereocenters. The van der Waals surface area contributed by atoms with E-state index < -0.39 is 5.97 Å². The van der Waals surface area contributed by atoms with Gasteiger partial charge in [0.1, 0.15) is 0 Å². The van der Waals surface area contributed by atoms with Gasteiger partial charge in [-0.25, -0.2) is 4.79 Å². The zero-order valence-corrected chi connectivity index (χ0v) is 26.8. The number of hydrogen-bond donors (Lipinski definition) is 3. The van der Waals surface area contributed by atoms with E-state index in [0.29, 0.717) is 35.4 Å². The Morgan fingerprint density at radius 2 is 1.76 bits per heavy atom. The smallest absolute Gasteiger partial charge is 0.319 e. The molecular formula is C32H52ClN3O5. The average Bonchev–Trinajstić information content (AvgIpc) is 3.27. The zero-order valence-electron chi connectivity index (χ0n) is 26.0. The van der Waals surface area contributed by atoms with Crippen molar-refractivity contribution >= 4 is 29.5 Å². The number of likely N-dealkylation sites (tertiary alicyclic amines) is 1. The number of nitrogens with zero attached hydrogens (tertiary/aromatic N) is 1. The van der Waals surface area contributed by atoms with E-state index in [4.69, 9.17) is 16.3 Å². The summed E-state index contributed by atoms with van der Waals surface area (Å²) in [5.41, 5.74) is 1.52. The highest BCUT2D eigenvalue weighted by atomic mass is 35.5. The monoisotopic (exact) mass is 593 g/mol. The number of amides is 3. The van der Waals surface area contributed by atoms with Crippen LogP contribution in [0.4, 0.5) is 4.79 Å². The number of urea groups is 1. The molecule has 1 saturated carbocycles. The van der Waals surface area contributed by atoms with Crippen molar-refractivity contribution in [1.29, 1.82) is 0 Å². The largest absolute Gasteiger partial charge is 0.481 e. The minimum absolute atomic E-state index is 0.149. The quantitative estimate of drug-likeness (QED) is 0.161. The second-order valence-corrected chi connectivity index (χ2v) is 12.6. The van der Waals surface area contributed by atoms with Crippen molar-refractivity contribution in [2.45, 2.75) is 124 Å². The second kappa shape index (κ2) is 17.0. The van der Waals surface area contributed by atoms with E-state index in [2.05, 4.69) is 29.4 Å². The van der Waals surface area contributed by atoms with Crippen LogP contribution in [-0.4, -0.2) is 59.3 Å². The number of aliphatic carboxylic acids is 1. The van der Waals surface area contributed by atoms with E-state index in [0.717, 1.165) is 50.5 Å². The molecule has 1 aliphatic carbocycles. The number of carboxylic acid groups (broad SMARTS) is 1. The maximum absolute atomic E-state index is 13.5. The van der Waals surface area contributed by atoms with Crippen LogP contribution in [0.2, 0.25) is 0 Å². The van der Waals surface area contributed by atoms with E-state index >= 15 is 0 Å². The normalized spacial score (nSPS) is 26.3. The highest BCUT2D eigenvalue weighted by Gasteiger charge is 2.37. The summed E-state index contributed by atoms with van der Waals surface area (Å²) in [6, 6.07) is -0.0445. The van der Waals surface area contributed by atoms with Crippen molar-refractivity contribution in [2.24, 2.45) is 17.8 Å². The Kier molecular flexibility index (Phi) is 14.4. The van der Waals surface area contributed by atoms with E-state index in [1.165, 1.54) is 0 Å². The van der Waals surface area contributed by atoms with Crippen molar-refractivity contribution in [1.82, 2.24) is 15.5 Å². The predicted molar refractivity (Wildman–Crippen MR) is 164 cm³/mol. The van der Waals surface area contributed by atoms with Gasteiger partial charge in [-0.1, -0.05) is 36.2 Å². The van der Waals surface area contributed by atoms with E-state index in [1.54, 1.807) is 26.2 Å². The van der Waals surface area contributed by atoms with Gasteiger partial charge in [-0.15, -0.1) is 0 Å². The lowest BCUT2D eigenvalue weighted by atomic mass is 9.74. The molecule has 8 nitrogen and oxygen atoms in total. The van der Waals surface area contributed by atoms with Gasteiger partial charge in [-0.2, -0.15) is 0 Å². The highest BCUT2D eigenvalue weighted by molar-refractivity contribution is 6.31. The van der Waals surface area contributed by atoms with Crippen molar-refractivity contribution in [3.63, 3.8) is 0 Å². The minimum Gasteiger partial charge on any atom is -0.481 e. The third kappa shape index (κ3) is 11.1. The van der Waals surface area contributed by atoms with Crippen LogP contribution in [0.25, 0.3) is 0 Å². The summed E-state index contributed by atoms with van der Waals surface area (Å²) in [4.78, 5) is 39.3. The van der Waals surface area contributed by atoms with Gasteiger partial charge in [0.2, 0.25) is 5.91 Å². The molecule has 0 aromatic heterocycles. The number of carbonyl (C=O) groups excluding carboxylic acids is 2. The first-order valence-corrected chi connectivity index (χ1v) is 15.5. The molecule has 1 saturated heterocycles. The molecule has 1 heterocycles. The molecule has 5 unspecified atom stereocenters. The van der Waals surface area contributed by atoms with Crippen LogP contribution in [0.1, 0.15) is 99.3 Å². The molecule has 9 heteroatoms. The number of carbonyl (C=O) groups is 3. The van der Waals surface area contributed by atoms with Crippen molar-refractivity contribution in [2.75, 3.05) is 7.11 Å². The zero-order chi connectivity index (χ0) is 30.7. The summed E-state index contributed by atoms with van der Waals surface area (Å²) in [7, 11) is 1.64. The summed E-state index contributed by atoms with van der Waals surface area (Å²) in [6.45, 7) is 11.9. The van der Waals surface area contributed by atoms with Crippen LogP contribution in [0.15, 0.2) is 34.5 Å². The van der Waals surface area contributed by atoms with Gasteiger partial charge in [0.25, 0.3) is 0 Å². The molecule has 0 bridgehead atoms. The molecule has 2 fully saturated rings. The molecule has 3 N–H and O–H groups in total. The lowest BCUT2D eigenvalue weighted by Gasteiger charge is -2.35. The lowest BCUT2D eigenvalue weighted by molar-refractivity contribution is -0.143. The fourth-order valence-electron chi connectivity index (χ4n) is 6.42. The fourth-order valence-corrected chi connectivity index (χ4v) is 6.59. The van der Waals surface area contributed by atoms with Crippen molar-refractivity contribution in [3.05, 3.63) is 34.5 Å². The van der Waals surface area contributed by atoms with Gasteiger partial charge in [0.15, 0.2) is 0 Å². The van der Waals surface area contributed by atoms with E-state index in [9.17, 15) is 19.5 Å². The molecule has 3 amide bonds. The van der Waals surface area contributed by atoms with Gasteiger partial charge in [-0.3, -0.25) is 9.59 Å². The topological polar surface area (TPSA) is 108 Å². The van der Waals surface area contributed by atoms with Crippen molar-refractivity contribution < 1.29 is 24.2 Å².